The fraction of sp³-hybridized carbons (Fsp3) is 0.0364. The summed E-state index contributed by atoms with van der Waals surface area (Å²) in [7, 11) is 0. The van der Waals surface area contributed by atoms with Crippen LogP contribution in [-0.2, 0) is 0 Å². The molecule has 0 saturated heterocycles. The third-order valence-electron chi connectivity index (χ3n) is 11.1. The molecule has 0 amide bonds. The molecule has 0 unspecified atom stereocenters. The number of fused-ring (bicyclic) bond motifs is 3. The first kappa shape index (κ1) is 36.9. The van der Waals surface area contributed by atoms with Gasteiger partial charge in [-0.15, -0.1) is 0 Å². The molecule has 0 aliphatic heterocycles. The number of aryl methyl sites for hydroxylation is 2. The van der Waals surface area contributed by atoms with E-state index in [1.54, 1.807) is 0 Å². The van der Waals surface area contributed by atoms with Gasteiger partial charge in [-0.1, -0.05) is 139 Å². The van der Waals surface area contributed by atoms with E-state index in [1.807, 2.05) is 109 Å². The van der Waals surface area contributed by atoms with Gasteiger partial charge in [-0.25, -0.2) is 15.0 Å². The summed E-state index contributed by atoms with van der Waals surface area (Å²) in [6.45, 7) is 4.27. The van der Waals surface area contributed by atoms with E-state index in [-0.39, 0.29) is 0 Å². The van der Waals surface area contributed by atoms with Crippen molar-refractivity contribution >= 4 is 21.8 Å². The molecule has 0 bridgehead atoms. The van der Waals surface area contributed by atoms with Crippen LogP contribution in [0.3, 0.4) is 0 Å². The summed E-state index contributed by atoms with van der Waals surface area (Å²) in [6.07, 6.45) is 0. The van der Waals surface area contributed by atoms with Crippen molar-refractivity contribution in [3.05, 3.63) is 204 Å². The molecule has 10 aromatic rings. The molecule has 2 aromatic heterocycles. The zero-order chi connectivity index (χ0) is 41.5. The molecule has 61 heavy (non-hydrogen) atoms. The molecule has 8 aromatic carbocycles. The second kappa shape index (κ2) is 15.4. The van der Waals surface area contributed by atoms with Crippen molar-refractivity contribution < 1.29 is 0 Å². The van der Waals surface area contributed by atoms with Gasteiger partial charge in [0.15, 0.2) is 17.5 Å². The molecule has 6 heteroatoms. The summed E-state index contributed by atoms with van der Waals surface area (Å²) in [5, 5.41) is 22.6. The Kier molecular flexibility index (Phi) is 9.29. The van der Waals surface area contributed by atoms with Gasteiger partial charge >= 0.3 is 0 Å². The van der Waals surface area contributed by atoms with E-state index in [2.05, 4.69) is 103 Å². The lowest BCUT2D eigenvalue weighted by atomic mass is 9.91. The number of rotatable bonds is 7. The van der Waals surface area contributed by atoms with E-state index in [0.29, 0.717) is 28.6 Å². The third-order valence-corrected chi connectivity index (χ3v) is 11.1. The van der Waals surface area contributed by atoms with Crippen molar-refractivity contribution in [3.8, 4) is 85.4 Å². The summed E-state index contributed by atoms with van der Waals surface area (Å²) in [5.74, 6) is 1.60. The van der Waals surface area contributed by atoms with Crippen molar-refractivity contribution in [2.45, 2.75) is 13.8 Å². The van der Waals surface area contributed by atoms with Gasteiger partial charge in [0.25, 0.3) is 0 Å². The topological polar surface area (TPSA) is 91.2 Å². The fourth-order valence-corrected chi connectivity index (χ4v) is 8.43. The van der Waals surface area contributed by atoms with E-state index < -0.39 is 0 Å². The maximum atomic E-state index is 10.2. The molecule has 0 fully saturated rings. The number of nitrogens with zero attached hydrogens (tertiary/aromatic N) is 6. The molecule has 10 rings (SSSR count). The number of hydrogen-bond donors (Lipinski definition) is 0. The highest BCUT2D eigenvalue weighted by Crippen LogP contribution is 2.45. The summed E-state index contributed by atoms with van der Waals surface area (Å²) in [4.78, 5) is 15.3. The predicted octanol–water partition coefficient (Wildman–Crippen LogP) is 13.3. The van der Waals surface area contributed by atoms with Crippen LogP contribution < -0.4 is 0 Å². The van der Waals surface area contributed by atoms with Gasteiger partial charge in [0.2, 0.25) is 0 Å². The van der Waals surface area contributed by atoms with E-state index in [4.69, 9.17) is 15.0 Å². The van der Waals surface area contributed by atoms with Crippen LogP contribution in [0.5, 0.6) is 0 Å². The number of aromatic nitrogens is 4. The quantitative estimate of drug-likeness (QED) is 0.161. The largest absolute Gasteiger partial charge is 0.308 e. The lowest BCUT2D eigenvalue weighted by molar-refractivity contribution is 1.07. The van der Waals surface area contributed by atoms with E-state index >= 15 is 0 Å². The standard InChI is InChI=1S/C55H36N6/c1-35-25-36(2)27-44(26-35)41-23-24-51-49(30-41)46-21-9-10-22-50(46)61(51)52-47(42-19-11-13-37(28-42)33-56)31-45(32-48(52)43-20-12-14-38(29-43)34-57)55-59-53(39-15-5-3-6-16-39)58-54(60-55)40-17-7-4-8-18-40/h3-32H,1-2H3. The normalized spacial score (nSPS) is 11.1. The fourth-order valence-electron chi connectivity index (χ4n) is 8.43. The molecule has 0 aliphatic rings. The highest BCUT2D eigenvalue weighted by Gasteiger charge is 2.24. The average molecular weight is 781 g/mol. The first-order chi connectivity index (χ1) is 29.9. The van der Waals surface area contributed by atoms with Crippen molar-refractivity contribution in [2.24, 2.45) is 0 Å². The second-order valence-electron chi connectivity index (χ2n) is 15.3. The Morgan fingerprint density at radius 2 is 0.869 bits per heavy atom. The van der Waals surface area contributed by atoms with Crippen LogP contribution in [0, 0.1) is 36.5 Å². The Labute approximate surface area is 354 Å². The molecule has 0 N–H and O–H groups in total. The van der Waals surface area contributed by atoms with E-state index in [0.717, 1.165) is 72.0 Å². The highest BCUT2D eigenvalue weighted by atomic mass is 15.0. The Hall–Kier alpha value is -8.45. The van der Waals surface area contributed by atoms with Gasteiger partial charge in [-0.3, -0.25) is 0 Å². The summed E-state index contributed by atoms with van der Waals surface area (Å²) in [5.41, 5.74) is 14.7. The van der Waals surface area contributed by atoms with E-state index in [1.165, 1.54) is 16.7 Å². The molecule has 286 valence electrons. The van der Waals surface area contributed by atoms with Crippen LogP contribution in [0.2, 0.25) is 0 Å². The zero-order valence-electron chi connectivity index (χ0n) is 33.5. The monoisotopic (exact) mass is 780 g/mol. The average Bonchev–Trinajstić information content (AvgIpc) is 3.64. The highest BCUT2D eigenvalue weighted by molar-refractivity contribution is 6.12. The van der Waals surface area contributed by atoms with Gasteiger partial charge in [-0.05, 0) is 90.7 Å². The second-order valence-corrected chi connectivity index (χ2v) is 15.3. The SMILES string of the molecule is Cc1cc(C)cc(-c2ccc3c(c2)c2ccccc2n3-c2c(-c3cccc(C#N)c3)cc(-c3nc(-c4ccccc4)nc(-c4ccccc4)n3)cc2-c2cccc(C#N)c2)c1. The van der Waals surface area contributed by atoms with Gasteiger partial charge in [0.1, 0.15) is 0 Å². The maximum absolute atomic E-state index is 10.2. The Morgan fingerprint density at radius 1 is 0.377 bits per heavy atom. The van der Waals surface area contributed by atoms with Crippen LogP contribution in [-0.4, -0.2) is 19.5 Å². The smallest absolute Gasteiger partial charge is 0.164 e. The van der Waals surface area contributed by atoms with Gasteiger partial charge < -0.3 is 4.57 Å². The Bertz CT molecular complexity index is 3250. The molecule has 0 spiro atoms. The molecule has 0 saturated carbocycles. The minimum Gasteiger partial charge on any atom is -0.308 e. The first-order valence-corrected chi connectivity index (χ1v) is 20.1. The van der Waals surface area contributed by atoms with Gasteiger partial charge in [0.05, 0.1) is 40.0 Å². The van der Waals surface area contributed by atoms with Crippen LogP contribution in [0.15, 0.2) is 182 Å². The van der Waals surface area contributed by atoms with Gasteiger partial charge in [-0.2, -0.15) is 10.5 Å². The summed E-state index contributed by atoms with van der Waals surface area (Å²) in [6, 6.07) is 66.2. The van der Waals surface area contributed by atoms with Crippen molar-refractivity contribution in [2.75, 3.05) is 0 Å². The zero-order valence-corrected chi connectivity index (χ0v) is 33.5. The molecule has 0 atom stereocenters. The van der Waals surface area contributed by atoms with Crippen molar-refractivity contribution in [1.82, 2.24) is 19.5 Å². The molecule has 0 radical (unpaired) electrons. The Balaban J connectivity index is 1.33. The third kappa shape index (κ3) is 6.89. The Morgan fingerprint density at radius 3 is 1.43 bits per heavy atom. The van der Waals surface area contributed by atoms with Crippen LogP contribution >= 0.6 is 0 Å². The van der Waals surface area contributed by atoms with Crippen LogP contribution in [0.1, 0.15) is 22.3 Å². The lowest BCUT2D eigenvalue weighted by Crippen LogP contribution is -2.04. The summed E-state index contributed by atoms with van der Waals surface area (Å²) < 4.78 is 2.33. The molecule has 0 aliphatic carbocycles. The van der Waals surface area contributed by atoms with Crippen molar-refractivity contribution in [1.29, 1.82) is 10.5 Å². The van der Waals surface area contributed by atoms with Crippen molar-refractivity contribution in [3.63, 3.8) is 0 Å². The van der Waals surface area contributed by atoms with Crippen LogP contribution in [0.4, 0.5) is 0 Å². The maximum Gasteiger partial charge on any atom is 0.164 e. The number of para-hydroxylation sites is 1. The lowest BCUT2D eigenvalue weighted by Gasteiger charge is -2.21. The number of hydrogen-bond acceptors (Lipinski definition) is 5. The van der Waals surface area contributed by atoms with Crippen LogP contribution in [0.25, 0.3) is 95.0 Å². The predicted molar refractivity (Wildman–Crippen MR) is 246 cm³/mol. The number of nitriles is 2. The first-order valence-electron chi connectivity index (χ1n) is 20.1. The molecule has 6 nitrogen and oxygen atoms in total. The minimum absolute atomic E-state index is 0.495. The number of benzene rings is 8. The van der Waals surface area contributed by atoms with Gasteiger partial charge in [0, 0.05) is 38.6 Å². The minimum atomic E-state index is 0.495. The molecule has 2 heterocycles. The molecular weight excluding hydrogens is 745 g/mol. The van der Waals surface area contributed by atoms with E-state index in [9.17, 15) is 10.5 Å². The summed E-state index contributed by atoms with van der Waals surface area (Å²) >= 11 is 0. The molecular formula is C55H36N6.